The number of nitrogens with one attached hydrogen (secondary N) is 1. The molecule has 2 N–H and O–H groups in total. The predicted molar refractivity (Wildman–Crippen MR) is 82.1 cm³/mol. The zero-order valence-corrected chi connectivity index (χ0v) is 13.3. The topological polar surface area (TPSA) is 66.4 Å². The maximum Gasteiger partial charge on any atom is 0.264 e. The lowest BCUT2D eigenvalue weighted by atomic mass is 10.1. The van der Waals surface area contributed by atoms with E-state index in [0.29, 0.717) is 16.6 Å². The van der Waals surface area contributed by atoms with Crippen molar-refractivity contribution in [3.8, 4) is 0 Å². The van der Waals surface area contributed by atoms with Crippen LogP contribution in [0.15, 0.2) is 51.8 Å². The van der Waals surface area contributed by atoms with Gasteiger partial charge in [-0.05, 0) is 42.3 Å². The Morgan fingerprint density at radius 2 is 1.81 bits per heavy atom. The first-order chi connectivity index (χ1) is 9.92. The number of aliphatic hydroxyl groups is 1. The van der Waals surface area contributed by atoms with Gasteiger partial charge in [-0.1, -0.05) is 28.1 Å². The number of rotatable bonds is 5. The summed E-state index contributed by atoms with van der Waals surface area (Å²) in [5.41, 5.74) is 1.22. The summed E-state index contributed by atoms with van der Waals surface area (Å²) < 4.78 is 40.8. The first-order valence-corrected chi connectivity index (χ1v) is 8.37. The van der Waals surface area contributed by atoms with Crippen LogP contribution < -0.4 is 4.72 Å². The Kier molecular flexibility index (Phi) is 4.97. The lowest BCUT2D eigenvalue weighted by Gasteiger charge is -2.09. The number of hydrogen-bond donors (Lipinski definition) is 2. The van der Waals surface area contributed by atoms with Crippen molar-refractivity contribution < 1.29 is 17.9 Å². The largest absolute Gasteiger partial charge is 0.396 e. The van der Waals surface area contributed by atoms with Crippen molar-refractivity contribution in [1.82, 2.24) is 0 Å². The van der Waals surface area contributed by atoms with Crippen LogP contribution in [0.4, 0.5) is 10.1 Å². The molecule has 7 heteroatoms. The minimum atomic E-state index is -3.98. The highest BCUT2D eigenvalue weighted by atomic mass is 79.9. The first-order valence-electron chi connectivity index (χ1n) is 6.10. The van der Waals surface area contributed by atoms with Gasteiger partial charge in [0, 0.05) is 16.8 Å². The SMILES string of the molecule is O=S(=O)(Nc1ccc(CCO)cc1)c1ccc(Br)cc1F. The van der Waals surface area contributed by atoms with E-state index in [1.165, 1.54) is 12.1 Å². The van der Waals surface area contributed by atoms with Gasteiger partial charge in [0.05, 0.1) is 0 Å². The molecule has 0 atom stereocenters. The molecule has 0 amide bonds. The van der Waals surface area contributed by atoms with E-state index in [9.17, 15) is 12.8 Å². The molecule has 0 spiro atoms. The predicted octanol–water partition coefficient (Wildman–Crippen LogP) is 2.92. The third-order valence-electron chi connectivity index (χ3n) is 2.79. The molecule has 0 saturated heterocycles. The van der Waals surface area contributed by atoms with E-state index in [1.54, 1.807) is 24.3 Å². The van der Waals surface area contributed by atoms with E-state index in [-0.39, 0.29) is 6.61 Å². The Labute approximate surface area is 130 Å². The molecule has 0 bridgehead atoms. The van der Waals surface area contributed by atoms with Crippen LogP contribution in [0.2, 0.25) is 0 Å². The fourth-order valence-electron chi connectivity index (χ4n) is 1.77. The third kappa shape index (κ3) is 4.03. The molecule has 2 aromatic carbocycles. The van der Waals surface area contributed by atoms with Crippen molar-refractivity contribution in [3.63, 3.8) is 0 Å². The average Bonchev–Trinajstić information content (AvgIpc) is 2.40. The molecule has 0 unspecified atom stereocenters. The summed E-state index contributed by atoms with van der Waals surface area (Å²) in [4.78, 5) is -0.412. The van der Waals surface area contributed by atoms with Crippen LogP contribution in [-0.2, 0) is 16.4 Å². The van der Waals surface area contributed by atoms with Crippen molar-refractivity contribution in [2.45, 2.75) is 11.3 Å². The molecule has 0 aliphatic carbocycles. The van der Waals surface area contributed by atoms with Crippen LogP contribution in [0.5, 0.6) is 0 Å². The molecule has 0 aliphatic heterocycles. The molecule has 2 rings (SSSR count). The summed E-state index contributed by atoms with van der Waals surface area (Å²) in [7, 11) is -3.98. The van der Waals surface area contributed by atoms with Gasteiger partial charge in [-0.25, -0.2) is 12.8 Å². The van der Waals surface area contributed by atoms with Crippen LogP contribution >= 0.6 is 15.9 Å². The quantitative estimate of drug-likeness (QED) is 0.846. The normalized spacial score (nSPS) is 11.4. The van der Waals surface area contributed by atoms with Crippen LogP contribution in [0.1, 0.15) is 5.56 Å². The Hall–Kier alpha value is -1.44. The molecular formula is C14H13BrFNO3S. The van der Waals surface area contributed by atoms with Gasteiger partial charge in [-0.2, -0.15) is 0 Å². The Bertz CT molecular complexity index is 732. The van der Waals surface area contributed by atoms with E-state index < -0.39 is 20.7 Å². The third-order valence-corrected chi connectivity index (χ3v) is 4.70. The highest BCUT2D eigenvalue weighted by Gasteiger charge is 2.19. The smallest absolute Gasteiger partial charge is 0.264 e. The summed E-state index contributed by atoms with van der Waals surface area (Å²) in [5.74, 6) is -0.825. The summed E-state index contributed by atoms with van der Waals surface area (Å²) in [6.45, 7) is 0.0230. The molecule has 0 radical (unpaired) electrons. The van der Waals surface area contributed by atoms with Crippen molar-refractivity contribution in [3.05, 3.63) is 58.3 Å². The lowest BCUT2D eigenvalue weighted by molar-refractivity contribution is 0.299. The van der Waals surface area contributed by atoms with E-state index in [4.69, 9.17) is 5.11 Å². The van der Waals surface area contributed by atoms with Crippen LogP contribution in [-0.4, -0.2) is 20.1 Å². The maximum absolute atomic E-state index is 13.7. The first kappa shape index (κ1) is 15.9. The number of hydrogen-bond acceptors (Lipinski definition) is 3. The second kappa shape index (κ2) is 6.55. The Morgan fingerprint density at radius 3 is 2.38 bits per heavy atom. The summed E-state index contributed by atoms with van der Waals surface area (Å²) in [6, 6.07) is 10.3. The Morgan fingerprint density at radius 1 is 1.14 bits per heavy atom. The summed E-state index contributed by atoms with van der Waals surface area (Å²) in [6.07, 6.45) is 0.494. The van der Waals surface area contributed by atoms with Gasteiger partial charge in [-0.15, -0.1) is 0 Å². The number of sulfonamides is 1. The van der Waals surface area contributed by atoms with Crippen LogP contribution in [0.25, 0.3) is 0 Å². The molecule has 4 nitrogen and oxygen atoms in total. The molecular weight excluding hydrogens is 361 g/mol. The van der Waals surface area contributed by atoms with E-state index >= 15 is 0 Å². The lowest BCUT2D eigenvalue weighted by Crippen LogP contribution is -2.14. The van der Waals surface area contributed by atoms with Crippen LogP contribution in [0, 0.1) is 5.82 Å². The van der Waals surface area contributed by atoms with Gasteiger partial charge in [0.25, 0.3) is 10.0 Å². The van der Waals surface area contributed by atoms with Gasteiger partial charge in [-0.3, -0.25) is 4.72 Å². The minimum absolute atomic E-state index is 0.0230. The molecule has 21 heavy (non-hydrogen) atoms. The second-order valence-electron chi connectivity index (χ2n) is 4.35. The average molecular weight is 374 g/mol. The zero-order chi connectivity index (χ0) is 15.5. The fourth-order valence-corrected chi connectivity index (χ4v) is 3.22. The van der Waals surface area contributed by atoms with E-state index in [0.717, 1.165) is 11.6 Å². The zero-order valence-electron chi connectivity index (χ0n) is 10.9. The molecule has 0 heterocycles. The molecule has 0 saturated carbocycles. The summed E-state index contributed by atoms with van der Waals surface area (Å²) >= 11 is 3.08. The molecule has 112 valence electrons. The highest BCUT2D eigenvalue weighted by molar-refractivity contribution is 9.10. The molecule has 0 aromatic heterocycles. The van der Waals surface area contributed by atoms with Crippen LogP contribution in [0.3, 0.4) is 0 Å². The molecule has 0 aliphatic rings. The van der Waals surface area contributed by atoms with E-state index in [2.05, 4.69) is 20.7 Å². The van der Waals surface area contributed by atoms with Crippen molar-refractivity contribution in [2.75, 3.05) is 11.3 Å². The van der Waals surface area contributed by atoms with Gasteiger partial charge in [0.15, 0.2) is 0 Å². The second-order valence-corrected chi connectivity index (χ2v) is 6.92. The number of aliphatic hydroxyl groups excluding tert-OH is 1. The maximum atomic E-state index is 13.7. The summed E-state index contributed by atoms with van der Waals surface area (Å²) in [5, 5.41) is 8.82. The van der Waals surface area contributed by atoms with Crippen molar-refractivity contribution >= 4 is 31.6 Å². The Balaban J connectivity index is 2.24. The molecule has 2 aromatic rings. The number of halogens is 2. The van der Waals surface area contributed by atoms with E-state index in [1.807, 2.05) is 0 Å². The fraction of sp³-hybridized carbons (Fsp3) is 0.143. The van der Waals surface area contributed by atoms with Crippen molar-refractivity contribution in [1.29, 1.82) is 0 Å². The monoisotopic (exact) mass is 373 g/mol. The number of anilines is 1. The van der Waals surface area contributed by atoms with Gasteiger partial charge in [0.2, 0.25) is 0 Å². The van der Waals surface area contributed by atoms with Gasteiger partial charge in [0.1, 0.15) is 10.7 Å². The van der Waals surface area contributed by atoms with Crippen molar-refractivity contribution in [2.24, 2.45) is 0 Å². The standard InChI is InChI=1S/C14H13BrFNO3S/c15-11-3-6-14(13(16)9-11)21(19,20)17-12-4-1-10(2-5-12)7-8-18/h1-6,9,17-18H,7-8H2. The van der Waals surface area contributed by atoms with Gasteiger partial charge >= 0.3 is 0 Å². The highest BCUT2D eigenvalue weighted by Crippen LogP contribution is 2.22. The van der Waals surface area contributed by atoms with Gasteiger partial charge < -0.3 is 5.11 Å². The number of benzene rings is 2. The molecule has 0 fully saturated rings. The minimum Gasteiger partial charge on any atom is -0.396 e.